The van der Waals surface area contributed by atoms with Crippen molar-refractivity contribution in [1.82, 2.24) is 14.9 Å². The van der Waals surface area contributed by atoms with E-state index in [4.69, 9.17) is 5.73 Å². The Morgan fingerprint density at radius 3 is 2.81 bits per heavy atom. The lowest BCUT2D eigenvalue weighted by Gasteiger charge is -2.36. The molecule has 2 fully saturated rings. The van der Waals surface area contributed by atoms with Crippen LogP contribution in [0.25, 0.3) is 0 Å². The van der Waals surface area contributed by atoms with Gasteiger partial charge >= 0.3 is 0 Å². The minimum atomic E-state index is 0.483. The summed E-state index contributed by atoms with van der Waals surface area (Å²) in [6.45, 7) is 3.66. The second-order valence-electron chi connectivity index (χ2n) is 6.58. The van der Waals surface area contributed by atoms with Crippen LogP contribution >= 0.6 is 0 Å². The van der Waals surface area contributed by atoms with E-state index < -0.39 is 0 Å². The molecule has 0 amide bonds. The summed E-state index contributed by atoms with van der Waals surface area (Å²) in [7, 11) is 0. The van der Waals surface area contributed by atoms with Gasteiger partial charge in [0.25, 0.3) is 0 Å². The second kappa shape index (κ2) is 7.07. The minimum Gasteiger partial charge on any atom is -0.384 e. The highest BCUT2D eigenvalue weighted by Gasteiger charge is 2.23. The topological polar surface area (TPSA) is 67.1 Å². The van der Waals surface area contributed by atoms with Crippen molar-refractivity contribution in [2.24, 2.45) is 5.92 Å². The van der Waals surface area contributed by atoms with Gasteiger partial charge in [-0.2, -0.15) is 0 Å². The Kier molecular flexibility index (Phi) is 4.91. The summed E-state index contributed by atoms with van der Waals surface area (Å²) < 4.78 is 0. The van der Waals surface area contributed by atoms with Crippen molar-refractivity contribution in [1.29, 1.82) is 0 Å². The lowest BCUT2D eigenvalue weighted by atomic mass is 9.88. The quantitative estimate of drug-likeness (QED) is 0.891. The maximum atomic E-state index is 5.71. The maximum absolute atomic E-state index is 5.71. The number of piperidine rings is 1. The fraction of sp³-hybridized carbons (Fsp3) is 0.750. The van der Waals surface area contributed by atoms with Gasteiger partial charge in [0.05, 0.1) is 0 Å². The highest BCUT2D eigenvalue weighted by molar-refractivity contribution is 5.44. The molecule has 0 radical (unpaired) electrons. The van der Waals surface area contributed by atoms with Crippen molar-refractivity contribution < 1.29 is 0 Å². The number of nitrogens with two attached hydrogens (primary N) is 1. The molecule has 1 aliphatic carbocycles. The number of nitrogens with one attached hydrogen (secondary N) is 1. The van der Waals surface area contributed by atoms with Crippen LogP contribution < -0.4 is 11.1 Å². The van der Waals surface area contributed by atoms with Crippen LogP contribution in [-0.2, 0) is 0 Å². The van der Waals surface area contributed by atoms with Gasteiger partial charge in [-0.1, -0.05) is 19.3 Å². The van der Waals surface area contributed by atoms with Crippen LogP contribution in [0, 0.1) is 5.92 Å². The van der Waals surface area contributed by atoms with Crippen molar-refractivity contribution >= 4 is 11.6 Å². The molecule has 21 heavy (non-hydrogen) atoms. The molecule has 3 rings (SSSR count). The highest BCUT2D eigenvalue weighted by Crippen LogP contribution is 2.26. The predicted molar refractivity (Wildman–Crippen MR) is 86.1 cm³/mol. The standard InChI is InChI=1S/C16H27N5/c17-15-9-16(19-12-18-15)20-14-7-4-8-21(11-14)10-13-5-2-1-3-6-13/h9,12-14H,1-8,10-11H2,(H3,17,18,19,20). The van der Waals surface area contributed by atoms with Crippen LogP contribution in [0.3, 0.4) is 0 Å². The Bertz CT molecular complexity index is 444. The summed E-state index contributed by atoms with van der Waals surface area (Å²) in [5, 5.41) is 3.52. The monoisotopic (exact) mass is 289 g/mol. The van der Waals surface area contributed by atoms with Gasteiger partial charge in [0.1, 0.15) is 18.0 Å². The number of nitrogens with zero attached hydrogens (tertiary/aromatic N) is 3. The molecule has 0 bridgehead atoms. The zero-order valence-corrected chi connectivity index (χ0v) is 12.8. The van der Waals surface area contributed by atoms with E-state index in [0.29, 0.717) is 11.9 Å². The molecule has 1 aromatic rings. The molecule has 1 atom stereocenters. The first-order valence-corrected chi connectivity index (χ1v) is 8.36. The van der Waals surface area contributed by atoms with E-state index in [-0.39, 0.29) is 0 Å². The molecule has 1 aliphatic heterocycles. The first-order chi connectivity index (χ1) is 10.3. The van der Waals surface area contributed by atoms with Gasteiger partial charge in [0.15, 0.2) is 0 Å². The molecule has 5 nitrogen and oxygen atoms in total. The Labute approximate surface area is 127 Å². The van der Waals surface area contributed by atoms with Crippen molar-refractivity contribution in [3.05, 3.63) is 12.4 Å². The Morgan fingerprint density at radius 2 is 2.00 bits per heavy atom. The van der Waals surface area contributed by atoms with Gasteiger partial charge in [-0.25, -0.2) is 9.97 Å². The first kappa shape index (κ1) is 14.6. The van der Waals surface area contributed by atoms with E-state index in [9.17, 15) is 0 Å². The van der Waals surface area contributed by atoms with Gasteiger partial charge in [-0.05, 0) is 38.1 Å². The van der Waals surface area contributed by atoms with E-state index in [0.717, 1.165) is 18.3 Å². The Balaban J connectivity index is 1.50. The molecule has 5 heteroatoms. The lowest BCUT2D eigenvalue weighted by Crippen LogP contribution is -2.44. The summed E-state index contributed by atoms with van der Waals surface area (Å²) in [5.41, 5.74) is 5.71. The molecule has 0 spiro atoms. The predicted octanol–water partition coefficient (Wildman–Crippen LogP) is 2.52. The van der Waals surface area contributed by atoms with Crippen LogP contribution in [-0.4, -0.2) is 40.5 Å². The normalized spacial score (nSPS) is 24.9. The Hall–Kier alpha value is -1.36. The average molecular weight is 289 g/mol. The highest BCUT2D eigenvalue weighted by atomic mass is 15.2. The molecule has 1 saturated carbocycles. The van der Waals surface area contributed by atoms with Gasteiger partial charge < -0.3 is 16.0 Å². The van der Waals surface area contributed by atoms with Gasteiger partial charge in [0.2, 0.25) is 0 Å². The largest absolute Gasteiger partial charge is 0.384 e. The van der Waals surface area contributed by atoms with E-state index in [1.165, 1.54) is 64.4 Å². The van der Waals surface area contributed by atoms with Gasteiger partial charge in [0, 0.05) is 25.2 Å². The number of aromatic nitrogens is 2. The Morgan fingerprint density at radius 1 is 1.14 bits per heavy atom. The third-order valence-electron chi connectivity index (χ3n) is 4.79. The molecule has 1 unspecified atom stereocenters. The van der Waals surface area contributed by atoms with E-state index >= 15 is 0 Å². The third-order valence-corrected chi connectivity index (χ3v) is 4.79. The number of nitrogen functional groups attached to an aromatic ring is 1. The zero-order chi connectivity index (χ0) is 14.5. The number of hydrogen-bond acceptors (Lipinski definition) is 5. The molecule has 116 valence electrons. The number of rotatable bonds is 4. The second-order valence-corrected chi connectivity index (χ2v) is 6.58. The molecule has 2 heterocycles. The maximum Gasteiger partial charge on any atom is 0.131 e. The number of anilines is 2. The van der Waals surface area contributed by atoms with Crippen LogP contribution in [0.1, 0.15) is 44.9 Å². The van der Waals surface area contributed by atoms with Crippen molar-refractivity contribution in [3.63, 3.8) is 0 Å². The smallest absolute Gasteiger partial charge is 0.131 e. The molecule has 0 aromatic carbocycles. The molecular weight excluding hydrogens is 262 g/mol. The summed E-state index contributed by atoms with van der Waals surface area (Å²) in [6.07, 6.45) is 11.2. The van der Waals surface area contributed by atoms with Gasteiger partial charge in [-0.3, -0.25) is 0 Å². The SMILES string of the molecule is Nc1cc(NC2CCCN(CC3CCCCC3)C2)ncn1. The van der Waals surface area contributed by atoms with Gasteiger partial charge in [-0.15, -0.1) is 0 Å². The van der Waals surface area contributed by atoms with Crippen LogP contribution in [0.5, 0.6) is 0 Å². The minimum absolute atomic E-state index is 0.483. The van der Waals surface area contributed by atoms with E-state index in [1.807, 2.05) is 6.07 Å². The van der Waals surface area contributed by atoms with Crippen LogP contribution in [0.2, 0.25) is 0 Å². The van der Waals surface area contributed by atoms with E-state index in [2.05, 4.69) is 20.2 Å². The molecular formula is C16H27N5. The van der Waals surface area contributed by atoms with E-state index in [1.54, 1.807) is 0 Å². The summed E-state index contributed by atoms with van der Waals surface area (Å²) in [6, 6.07) is 2.30. The average Bonchev–Trinajstić information content (AvgIpc) is 2.49. The summed E-state index contributed by atoms with van der Waals surface area (Å²) in [4.78, 5) is 10.8. The molecule has 2 aliphatic rings. The lowest BCUT2D eigenvalue weighted by molar-refractivity contribution is 0.166. The molecule has 1 saturated heterocycles. The van der Waals surface area contributed by atoms with Crippen molar-refractivity contribution in [2.75, 3.05) is 30.7 Å². The molecule has 3 N–H and O–H groups in total. The zero-order valence-electron chi connectivity index (χ0n) is 12.8. The fourth-order valence-corrected chi connectivity index (χ4v) is 3.73. The number of likely N-dealkylation sites (tertiary alicyclic amines) is 1. The van der Waals surface area contributed by atoms with Crippen molar-refractivity contribution in [3.8, 4) is 0 Å². The summed E-state index contributed by atoms with van der Waals surface area (Å²) >= 11 is 0. The molecule has 1 aromatic heterocycles. The first-order valence-electron chi connectivity index (χ1n) is 8.36. The fourth-order valence-electron chi connectivity index (χ4n) is 3.73. The van der Waals surface area contributed by atoms with Crippen molar-refractivity contribution in [2.45, 2.75) is 51.0 Å². The number of hydrogen-bond donors (Lipinski definition) is 2. The summed E-state index contributed by atoms with van der Waals surface area (Å²) in [5.74, 6) is 2.31. The van der Waals surface area contributed by atoms with Crippen LogP contribution in [0.4, 0.5) is 11.6 Å². The van der Waals surface area contributed by atoms with Crippen LogP contribution in [0.15, 0.2) is 12.4 Å². The third kappa shape index (κ3) is 4.30.